The number of hydrogen-bond donors (Lipinski definition) is 1. The van der Waals surface area contributed by atoms with E-state index in [1.807, 2.05) is 84.9 Å². The Balaban J connectivity index is 2.05. The van der Waals surface area contributed by atoms with Gasteiger partial charge in [0, 0.05) is 10.8 Å². The normalized spacial score (nSPS) is 10.8. The highest BCUT2D eigenvalue weighted by molar-refractivity contribution is 6.42. The molecule has 0 aliphatic heterocycles. The van der Waals surface area contributed by atoms with Crippen LogP contribution in [0.1, 0.15) is 0 Å². The van der Waals surface area contributed by atoms with E-state index in [9.17, 15) is 9.59 Å². The molecular weight excluding hydrogens is 324 g/mol. The van der Waals surface area contributed by atoms with Gasteiger partial charge in [0.05, 0.1) is 11.4 Å². The lowest BCUT2D eigenvalue weighted by Gasteiger charge is -2.24. The summed E-state index contributed by atoms with van der Waals surface area (Å²) >= 11 is 0. The van der Waals surface area contributed by atoms with Gasteiger partial charge in [-0.15, -0.1) is 0 Å². The lowest BCUT2D eigenvalue weighted by atomic mass is 10.0. The van der Waals surface area contributed by atoms with Crippen molar-refractivity contribution >= 4 is 44.7 Å². The van der Waals surface area contributed by atoms with Crippen LogP contribution < -0.4 is 10.6 Å². The molecular formula is C22H16N2O2. The van der Waals surface area contributed by atoms with E-state index in [0.717, 1.165) is 21.5 Å². The molecule has 0 radical (unpaired) electrons. The first-order chi connectivity index (χ1) is 12.7. The van der Waals surface area contributed by atoms with Crippen molar-refractivity contribution in [2.24, 2.45) is 5.73 Å². The molecule has 4 nitrogen and oxygen atoms in total. The van der Waals surface area contributed by atoms with Gasteiger partial charge in [0.25, 0.3) is 0 Å². The number of anilines is 2. The minimum atomic E-state index is -0.995. The maximum Gasteiger partial charge on any atom is 0.320 e. The predicted octanol–water partition coefficient (Wildman–Crippen LogP) is 4.14. The second kappa shape index (κ2) is 6.33. The van der Waals surface area contributed by atoms with Crippen LogP contribution in [0.3, 0.4) is 0 Å². The molecule has 0 atom stereocenters. The number of hydrogen-bond acceptors (Lipinski definition) is 2. The van der Waals surface area contributed by atoms with Gasteiger partial charge in [0.15, 0.2) is 0 Å². The number of nitrogens with two attached hydrogens (primary N) is 1. The number of nitrogens with zero attached hydrogens (tertiary/aromatic N) is 1. The smallest absolute Gasteiger partial charge is 0.320 e. The van der Waals surface area contributed by atoms with Gasteiger partial charge < -0.3 is 5.73 Å². The average molecular weight is 340 g/mol. The summed E-state index contributed by atoms with van der Waals surface area (Å²) in [5.74, 6) is -1.76. The molecule has 0 aromatic heterocycles. The fraction of sp³-hybridized carbons (Fsp3) is 0. The van der Waals surface area contributed by atoms with Crippen molar-refractivity contribution in [3.8, 4) is 0 Å². The highest BCUT2D eigenvalue weighted by Crippen LogP contribution is 2.36. The van der Waals surface area contributed by atoms with Gasteiger partial charge in [0.2, 0.25) is 0 Å². The monoisotopic (exact) mass is 340 g/mol. The molecule has 0 heterocycles. The van der Waals surface area contributed by atoms with Crippen LogP contribution in [0.25, 0.3) is 21.5 Å². The van der Waals surface area contributed by atoms with Gasteiger partial charge in [-0.1, -0.05) is 72.8 Å². The van der Waals surface area contributed by atoms with Crippen molar-refractivity contribution in [3.63, 3.8) is 0 Å². The number of rotatable bonds is 2. The molecule has 0 bridgehead atoms. The first-order valence-corrected chi connectivity index (χ1v) is 8.26. The Bertz CT molecular complexity index is 1060. The molecule has 4 rings (SSSR count). The van der Waals surface area contributed by atoms with Gasteiger partial charge in [0.1, 0.15) is 0 Å². The summed E-state index contributed by atoms with van der Waals surface area (Å²) in [7, 11) is 0. The van der Waals surface area contributed by atoms with Crippen LogP contribution in [-0.2, 0) is 9.59 Å². The molecule has 0 fully saturated rings. The zero-order valence-corrected chi connectivity index (χ0v) is 13.9. The second-order valence-corrected chi connectivity index (χ2v) is 6.00. The number of amides is 2. The third-order valence-electron chi connectivity index (χ3n) is 4.43. The summed E-state index contributed by atoms with van der Waals surface area (Å²) in [4.78, 5) is 26.0. The van der Waals surface area contributed by atoms with Crippen LogP contribution >= 0.6 is 0 Å². The summed E-state index contributed by atoms with van der Waals surface area (Å²) in [6.07, 6.45) is 0. The molecule has 2 amide bonds. The number of carbonyl (C=O) groups excluding carboxylic acids is 2. The second-order valence-electron chi connectivity index (χ2n) is 6.00. The van der Waals surface area contributed by atoms with E-state index >= 15 is 0 Å². The van der Waals surface area contributed by atoms with Crippen molar-refractivity contribution in [2.45, 2.75) is 0 Å². The van der Waals surface area contributed by atoms with Gasteiger partial charge in [-0.25, -0.2) is 0 Å². The van der Waals surface area contributed by atoms with E-state index in [4.69, 9.17) is 5.73 Å². The largest absolute Gasteiger partial charge is 0.361 e. The highest BCUT2D eigenvalue weighted by Gasteiger charge is 2.25. The Labute approximate surface area is 150 Å². The van der Waals surface area contributed by atoms with E-state index in [2.05, 4.69) is 0 Å². The molecule has 0 spiro atoms. The van der Waals surface area contributed by atoms with Gasteiger partial charge in [-0.05, 0) is 22.9 Å². The van der Waals surface area contributed by atoms with Crippen LogP contribution in [0.2, 0.25) is 0 Å². The molecule has 0 saturated heterocycles. The van der Waals surface area contributed by atoms with Crippen LogP contribution in [0.4, 0.5) is 11.4 Å². The van der Waals surface area contributed by atoms with Crippen LogP contribution in [0, 0.1) is 0 Å². The summed E-state index contributed by atoms with van der Waals surface area (Å²) in [5, 5.41) is 3.70. The third kappa shape index (κ3) is 2.58. The fourth-order valence-corrected chi connectivity index (χ4v) is 3.27. The number of benzene rings is 4. The molecule has 0 aliphatic carbocycles. The van der Waals surface area contributed by atoms with Gasteiger partial charge in [-0.3, -0.25) is 14.5 Å². The molecule has 0 aliphatic rings. The summed E-state index contributed by atoms with van der Waals surface area (Å²) in [5.41, 5.74) is 6.63. The van der Waals surface area contributed by atoms with Crippen LogP contribution in [-0.4, -0.2) is 11.8 Å². The molecule has 4 aromatic carbocycles. The Kier molecular flexibility index (Phi) is 3.86. The third-order valence-corrected chi connectivity index (χ3v) is 4.43. The predicted molar refractivity (Wildman–Crippen MR) is 104 cm³/mol. The zero-order valence-electron chi connectivity index (χ0n) is 13.9. The minimum Gasteiger partial charge on any atom is -0.361 e. The Morgan fingerprint density at radius 3 is 1.50 bits per heavy atom. The molecule has 4 heteroatoms. The van der Waals surface area contributed by atoms with Crippen LogP contribution in [0.5, 0.6) is 0 Å². The van der Waals surface area contributed by atoms with Crippen LogP contribution in [0.15, 0.2) is 84.9 Å². The standard InChI is InChI=1S/C22H16N2O2/c23-21(25)22(26)24(19-13-5-9-15-7-1-3-11-17(15)19)20-14-6-10-16-8-2-4-12-18(16)20/h1-14H,(H2,23,25). The SMILES string of the molecule is NC(=O)C(=O)N(c1cccc2ccccc12)c1cccc2ccccc12. The summed E-state index contributed by atoms with van der Waals surface area (Å²) < 4.78 is 0. The van der Waals surface area contributed by atoms with E-state index < -0.39 is 11.8 Å². The summed E-state index contributed by atoms with van der Waals surface area (Å²) in [6.45, 7) is 0. The number of primary amides is 1. The molecule has 0 saturated carbocycles. The topological polar surface area (TPSA) is 63.4 Å². The van der Waals surface area contributed by atoms with E-state index in [0.29, 0.717) is 11.4 Å². The van der Waals surface area contributed by atoms with E-state index in [-0.39, 0.29) is 0 Å². The highest BCUT2D eigenvalue weighted by atomic mass is 16.2. The maximum absolute atomic E-state index is 12.8. The van der Waals surface area contributed by atoms with Crippen molar-refractivity contribution in [2.75, 3.05) is 4.90 Å². The van der Waals surface area contributed by atoms with Gasteiger partial charge >= 0.3 is 11.8 Å². The van der Waals surface area contributed by atoms with E-state index in [1.165, 1.54) is 4.90 Å². The molecule has 26 heavy (non-hydrogen) atoms. The summed E-state index contributed by atoms with van der Waals surface area (Å²) in [6, 6.07) is 26.8. The number of carbonyl (C=O) groups is 2. The molecule has 4 aromatic rings. The maximum atomic E-state index is 12.8. The Morgan fingerprint density at radius 2 is 1.04 bits per heavy atom. The van der Waals surface area contributed by atoms with Gasteiger partial charge in [-0.2, -0.15) is 0 Å². The first kappa shape index (κ1) is 15.8. The zero-order chi connectivity index (χ0) is 18.1. The molecule has 0 unspecified atom stereocenters. The minimum absolute atomic E-state index is 0.628. The average Bonchev–Trinajstić information content (AvgIpc) is 2.68. The first-order valence-electron chi connectivity index (χ1n) is 8.26. The van der Waals surface area contributed by atoms with Crippen molar-refractivity contribution < 1.29 is 9.59 Å². The van der Waals surface area contributed by atoms with Crippen molar-refractivity contribution in [1.82, 2.24) is 0 Å². The van der Waals surface area contributed by atoms with Crippen molar-refractivity contribution in [3.05, 3.63) is 84.9 Å². The number of fused-ring (bicyclic) bond motifs is 2. The van der Waals surface area contributed by atoms with Crippen molar-refractivity contribution in [1.29, 1.82) is 0 Å². The lowest BCUT2D eigenvalue weighted by molar-refractivity contribution is -0.135. The quantitative estimate of drug-likeness (QED) is 0.557. The lowest BCUT2D eigenvalue weighted by Crippen LogP contribution is -2.37. The fourth-order valence-electron chi connectivity index (χ4n) is 3.27. The molecule has 2 N–H and O–H groups in total. The Morgan fingerprint density at radius 1 is 0.615 bits per heavy atom. The van der Waals surface area contributed by atoms with E-state index in [1.54, 1.807) is 0 Å². The Hall–Kier alpha value is -3.66. The molecule has 126 valence electrons.